The minimum Gasteiger partial charge on any atom is -0.484 e. The highest BCUT2D eigenvalue weighted by molar-refractivity contribution is 6.32. The number of nitriles is 1. The molecule has 1 aromatic rings. The molecule has 0 amide bonds. The maximum absolute atomic E-state index is 8.62. The van der Waals surface area contributed by atoms with Crippen molar-refractivity contribution in [1.29, 1.82) is 5.26 Å². The molecule has 3 nitrogen and oxygen atoms in total. The highest BCUT2D eigenvalue weighted by Gasteiger charge is 2.20. The van der Waals surface area contributed by atoms with E-state index in [1.807, 2.05) is 6.07 Å². The maximum Gasteiger partial charge on any atom is 0.145 e. The highest BCUT2D eigenvalue weighted by atomic mass is 35.5. The monoisotopic (exact) mass is 209 g/mol. The summed E-state index contributed by atoms with van der Waals surface area (Å²) in [6.07, 6.45) is 0.0976. The van der Waals surface area contributed by atoms with Gasteiger partial charge in [-0.2, -0.15) is 5.26 Å². The first-order valence-corrected chi connectivity index (χ1v) is 4.61. The largest absolute Gasteiger partial charge is 0.484 e. The molecule has 14 heavy (non-hydrogen) atoms. The molecule has 1 aromatic carbocycles. The minimum atomic E-state index is 0.0976. The lowest BCUT2D eigenvalue weighted by molar-refractivity contribution is -0.0796. The normalized spacial score (nSPS) is 15.7. The van der Waals surface area contributed by atoms with Crippen LogP contribution in [0, 0.1) is 11.3 Å². The molecule has 0 unspecified atom stereocenters. The van der Waals surface area contributed by atoms with Crippen molar-refractivity contribution in [3.8, 4) is 11.8 Å². The van der Waals surface area contributed by atoms with E-state index in [1.54, 1.807) is 18.2 Å². The first-order chi connectivity index (χ1) is 6.79. The molecule has 0 radical (unpaired) electrons. The fraction of sp³-hybridized carbons (Fsp3) is 0.300. The van der Waals surface area contributed by atoms with Crippen LogP contribution in [0.5, 0.6) is 5.75 Å². The summed E-state index contributed by atoms with van der Waals surface area (Å²) in [5.74, 6) is 0.610. The van der Waals surface area contributed by atoms with Crippen molar-refractivity contribution < 1.29 is 9.47 Å². The zero-order valence-corrected chi connectivity index (χ0v) is 8.12. The Morgan fingerprint density at radius 2 is 2.29 bits per heavy atom. The lowest BCUT2D eigenvalue weighted by Crippen LogP contribution is -2.38. The van der Waals surface area contributed by atoms with Crippen LogP contribution in [0.25, 0.3) is 0 Å². The van der Waals surface area contributed by atoms with Crippen LogP contribution in [0.2, 0.25) is 5.02 Å². The van der Waals surface area contributed by atoms with Crippen LogP contribution >= 0.6 is 11.6 Å². The molecular formula is C10H8ClNO2. The SMILES string of the molecule is N#Cc1ccc(OC2COC2)c(Cl)c1. The van der Waals surface area contributed by atoms with Gasteiger partial charge in [0.15, 0.2) is 0 Å². The molecule has 1 aliphatic rings. The van der Waals surface area contributed by atoms with Gasteiger partial charge in [0.05, 0.1) is 29.9 Å². The maximum atomic E-state index is 8.62. The Bertz CT molecular complexity index is 382. The second-order valence-electron chi connectivity index (χ2n) is 3.03. The van der Waals surface area contributed by atoms with Crippen LogP contribution in [-0.4, -0.2) is 19.3 Å². The molecule has 0 spiro atoms. The molecule has 0 N–H and O–H groups in total. The van der Waals surface area contributed by atoms with Crippen LogP contribution in [0.3, 0.4) is 0 Å². The summed E-state index contributed by atoms with van der Waals surface area (Å²) >= 11 is 5.92. The average molecular weight is 210 g/mol. The van der Waals surface area contributed by atoms with Crippen LogP contribution in [0.15, 0.2) is 18.2 Å². The van der Waals surface area contributed by atoms with Gasteiger partial charge in [0, 0.05) is 0 Å². The Balaban J connectivity index is 2.14. The van der Waals surface area contributed by atoms with E-state index < -0.39 is 0 Å². The molecule has 0 aliphatic carbocycles. The molecule has 0 atom stereocenters. The average Bonchev–Trinajstić information content (AvgIpc) is 2.13. The van der Waals surface area contributed by atoms with Crippen molar-refractivity contribution in [3.63, 3.8) is 0 Å². The molecule has 1 aliphatic heterocycles. The molecule has 0 saturated carbocycles. The van der Waals surface area contributed by atoms with Gasteiger partial charge in [-0.25, -0.2) is 0 Å². The summed E-state index contributed by atoms with van der Waals surface area (Å²) in [6, 6.07) is 6.99. The standard InChI is InChI=1S/C10H8ClNO2/c11-9-3-7(4-12)1-2-10(9)14-8-5-13-6-8/h1-3,8H,5-6H2. The van der Waals surface area contributed by atoms with Gasteiger partial charge in [0.2, 0.25) is 0 Å². The summed E-state index contributed by atoms with van der Waals surface area (Å²) in [5.41, 5.74) is 0.534. The zero-order valence-electron chi connectivity index (χ0n) is 7.37. The van der Waals surface area contributed by atoms with E-state index in [1.165, 1.54) is 0 Å². The molecule has 4 heteroatoms. The number of halogens is 1. The predicted octanol–water partition coefficient (Wildman–Crippen LogP) is 1.99. The zero-order chi connectivity index (χ0) is 9.97. The molecule has 72 valence electrons. The summed E-state index contributed by atoms with van der Waals surface area (Å²) in [4.78, 5) is 0. The molecule has 2 rings (SSSR count). The predicted molar refractivity (Wildman–Crippen MR) is 51.4 cm³/mol. The van der Waals surface area contributed by atoms with Crippen molar-refractivity contribution >= 4 is 11.6 Å². The van der Waals surface area contributed by atoms with Crippen molar-refractivity contribution in [3.05, 3.63) is 28.8 Å². The quantitative estimate of drug-likeness (QED) is 0.748. The second-order valence-corrected chi connectivity index (χ2v) is 3.44. The third-order valence-electron chi connectivity index (χ3n) is 1.96. The van der Waals surface area contributed by atoms with E-state index in [2.05, 4.69) is 0 Å². The number of hydrogen-bond acceptors (Lipinski definition) is 3. The number of rotatable bonds is 2. The summed E-state index contributed by atoms with van der Waals surface area (Å²) in [6.45, 7) is 1.21. The van der Waals surface area contributed by atoms with Gasteiger partial charge >= 0.3 is 0 Å². The molecule has 0 bridgehead atoms. The van der Waals surface area contributed by atoms with Crippen molar-refractivity contribution in [2.45, 2.75) is 6.10 Å². The van der Waals surface area contributed by atoms with Crippen LogP contribution in [0.1, 0.15) is 5.56 Å². The van der Waals surface area contributed by atoms with Gasteiger partial charge in [0.25, 0.3) is 0 Å². The van der Waals surface area contributed by atoms with E-state index >= 15 is 0 Å². The number of nitrogens with zero attached hydrogens (tertiary/aromatic N) is 1. The molecule has 1 fully saturated rings. The van der Waals surface area contributed by atoms with Crippen molar-refractivity contribution in [2.24, 2.45) is 0 Å². The van der Waals surface area contributed by atoms with Crippen LogP contribution in [0.4, 0.5) is 0 Å². The third kappa shape index (κ3) is 1.82. The number of benzene rings is 1. The number of ether oxygens (including phenoxy) is 2. The molecular weight excluding hydrogens is 202 g/mol. The molecule has 1 saturated heterocycles. The topological polar surface area (TPSA) is 42.2 Å². The van der Waals surface area contributed by atoms with Gasteiger partial charge in [0.1, 0.15) is 11.9 Å². The van der Waals surface area contributed by atoms with Crippen LogP contribution < -0.4 is 4.74 Å². The van der Waals surface area contributed by atoms with Crippen molar-refractivity contribution in [2.75, 3.05) is 13.2 Å². The Morgan fingerprint density at radius 1 is 1.50 bits per heavy atom. The summed E-state index contributed by atoms with van der Waals surface area (Å²) < 4.78 is 10.5. The Kier molecular flexibility index (Phi) is 2.58. The van der Waals surface area contributed by atoms with Gasteiger partial charge in [-0.15, -0.1) is 0 Å². The molecule has 1 heterocycles. The lowest BCUT2D eigenvalue weighted by atomic mass is 10.2. The van der Waals surface area contributed by atoms with E-state index in [-0.39, 0.29) is 6.10 Å². The first-order valence-electron chi connectivity index (χ1n) is 4.23. The fourth-order valence-corrected chi connectivity index (χ4v) is 1.35. The smallest absolute Gasteiger partial charge is 0.145 e. The Labute approximate surface area is 86.8 Å². The fourth-order valence-electron chi connectivity index (χ4n) is 1.13. The van der Waals surface area contributed by atoms with E-state index in [0.29, 0.717) is 29.5 Å². The van der Waals surface area contributed by atoms with Crippen LogP contribution in [-0.2, 0) is 4.74 Å². The van der Waals surface area contributed by atoms with E-state index in [9.17, 15) is 0 Å². The first kappa shape index (κ1) is 9.32. The highest BCUT2D eigenvalue weighted by Crippen LogP contribution is 2.27. The van der Waals surface area contributed by atoms with Crippen molar-refractivity contribution in [1.82, 2.24) is 0 Å². The van der Waals surface area contributed by atoms with Gasteiger partial charge in [-0.05, 0) is 18.2 Å². The summed E-state index contributed by atoms with van der Waals surface area (Å²) in [7, 11) is 0. The van der Waals surface area contributed by atoms with Gasteiger partial charge in [-0.1, -0.05) is 11.6 Å². The Hall–Kier alpha value is -1.24. The Morgan fingerprint density at radius 3 is 2.79 bits per heavy atom. The van der Waals surface area contributed by atoms with E-state index in [4.69, 9.17) is 26.3 Å². The summed E-state index contributed by atoms with van der Waals surface area (Å²) in [5, 5.41) is 9.09. The lowest BCUT2D eigenvalue weighted by Gasteiger charge is -2.27. The number of hydrogen-bond donors (Lipinski definition) is 0. The van der Waals surface area contributed by atoms with Gasteiger partial charge in [-0.3, -0.25) is 0 Å². The second kappa shape index (κ2) is 3.87. The molecule has 0 aromatic heterocycles. The van der Waals surface area contributed by atoms with E-state index in [0.717, 1.165) is 0 Å². The third-order valence-corrected chi connectivity index (χ3v) is 2.26. The van der Waals surface area contributed by atoms with Gasteiger partial charge < -0.3 is 9.47 Å². The minimum absolute atomic E-state index is 0.0976.